The molecule has 1 amide bonds. The number of nitrogens with zero attached hydrogens (tertiary/aromatic N) is 3. The van der Waals surface area contributed by atoms with Crippen molar-refractivity contribution >= 4 is 11.6 Å². The average Bonchev–Trinajstić information content (AvgIpc) is 3.03. The summed E-state index contributed by atoms with van der Waals surface area (Å²) in [5.74, 6) is -0.0420. The molecule has 0 radical (unpaired) electrons. The Morgan fingerprint density at radius 3 is 2.81 bits per heavy atom. The number of amides is 1. The quantitative estimate of drug-likeness (QED) is 0.856. The zero-order valence-corrected chi connectivity index (χ0v) is 12.6. The van der Waals surface area contributed by atoms with Crippen LogP contribution >= 0.6 is 0 Å². The summed E-state index contributed by atoms with van der Waals surface area (Å²) in [4.78, 5) is 18.2. The van der Waals surface area contributed by atoms with Gasteiger partial charge in [-0.2, -0.15) is 5.10 Å². The molecule has 1 unspecified atom stereocenters. The number of H-pyrrole nitrogens is 1. The Kier molecular flexibility index (Phi) is 4.92. The van der Waals surface area contributed by atoms with Crippen LogP contribution in [0.3, 0.4) is 0 Å². The van der Waals surface area contributed by atoms with Gasteiger partial charge in [0.25, 0.3) is 5.91 Å². The largest absolute Gasteiger partial charge is 0.378 e. The highest BCUT2D eigenvalue weighted by Crippen LogP contribution is 2.18. The molecular weight excluding hydrogens is 266 g/mol. The molecule has 0 fully saturated rings. The number of aromatic nitrogens is 3. The normalized spacial score (nSPS) is 12.0. The Labute approximate surface area is 124 Å². The third-order valence-corrected chi connectivity index (χ3v) is 3.43. The molecule has 2 rings (SSSR count). The molecule has 0 saturated carbocycles. The van der Waals surface area contributed by atoms with Gasteiger partial charge >= 0.3 is 0 Å². The lowest BCUT2D eigenvalue weighted by molar-refractivity contribution is 0.0767. The minimum absolute atomic E-state index is 0.0420. The summed E-state index contributed by atoms with van der Waals surface area (Å²) in [6, 6.07) is 3.75. The van der Waals surface area contributed by atoms with Crippen LogP contribution in [0.25, 0.3) is 0 Å². The Morgan fingerprint density at radius 1 is 1.43 bits per heavy atom. The number of rotatable bonds is 6. The Bertz CT molecular complexity index is 578. The van der Waals surface area contributed by atoms with Crippen LogP contribution < -0.4 is 5.32 Å². The van der Waals surface area contributed by atoms with Crippen LogP contribution in [0.5, 0.6) is 0 Å². The highest BCUT2D eigenvalue weighted by atomic mass is 16.2. The number of carbonyl (C=O) groups is 1. The van der Waals surface area contributed by atoms with Crippen molar-refractivity contribution < 1.29 is 4.79 Å². The first-order valence-corrected chi connectivity index (χ1v) is 7.16. The summed E-state index contributed by atoms with van der Waals surface area (Å²) in [6.45, 7) is 7.33. The molecule has 2 heterocycles. The van der Waals surface area contributed by atoms with Crippen LogP contribution in [0, 0.1) is 0 Å². The van der Waals surface area contributed by atoms with Gasteiger partial charge in [-0.15, -0.1) is 0 Å². The summed E-state index contributed by atoms with van der Waals surface area (Å²) in [6.07, 6.45) is 5.28. The molecule has 1 atom stereocenters. The topological polar surface area (TPSA) is 73.9 Å². The Morgan fingerprint density at radius 2 is 2.19 bits per heavy atom. The van der Waals surface area contributed by atoms with Crippen LogP contribution in [0.15, 0.2) is 30.7 Å². The first kappa shape index (κ1) is 15.0. The number of aromatic amines is 1. The first-order valence-electron chi connectivity index (χ1n) is 7.16. The predicted molar refractivity (Wildman–Crippen MR) is 82.1 cm³/mol. The monoisotopic (exact) mass is 287 g/mol. The van der Waals surface area contributed by atoms with E-state index in [-0.39, 0.29) is 11.9 Å². The van der Waals surface area contributed by atoms with Gasteiger partial charge in [0, 0.05) is 36.7 Å². The molecule has 0 aliphatic rings. The van der Waals surface area contributed by atoms with Gasteiger partial charge in [0.2, 0.25) is 0 Å². The van der Waals surface area contributed by atoms with Gasteiger partial charge in [0.1, 0.15) is 5.69 Å². The number of hydrogen-bond donors (Lipinski definition) is 2. The number of hydrogen-bond acceptors (Lipinski definition) is 4. The van der Waals surface area contributed by atoms with Gasteiger partial charge in [-0.25, -0.2) is 0 Å². The van der Waals surface area contributed by atoms with Crippen molar-refractivity contribution in [1.82, 2.24) is 20.1 Å². The van der Waals surface area contributed by atoms with E-state index >= 15 is 0 Å². The van der Waals surface area contributed by atoms with Crippen LogP contribution in [0.1, 0.15) is 42.9 Å². The SMILES string of the molecule is CCN(CC)C(=O)c1cc(NC(C)c2cn[nH]c2)ccn1. The molecule has 112 valence electrons. The van der Waals surface area contributed by atoms with Crippen molar-refractivity contribution in [2.45, 2.75) is 26.8 Å². The summed E-state index contributed by atoms with van der Waals surface area (Å²) >= 11 is 0. The molecule has 0 aromatic carbocycles. The maximum Gasteiger partial charge on any atom is 0.272 e. The van der Waals surface area contributed by atoms with Gasteiger partial charge in [0.15, 0.2) is 0 Å². The summed E-state index contributed by atoms with van der Waals surface area (Å²) in [5.41, 5.74) is 2.39. The van der Waals surface area contributed by atoms with E-state index in [1.165, 1.54) is 0 Å². The second kappa shape index (κ2) is 6.88. The molecule has 0 saturated heterocycles. The molecule has 6 nitrogen and oxygen atoms in total. The average molecular weight is 287 g/mol. The van der Waals surface area contributed by atoms with Crippen molar-refractivity contribution in [3.8, 4) is 0 Å². The molecule has 2 aromatic rings. The van der Waals surface area contributed by atoms with Crippen molar-refractivity contribution in [3.63, 3.8) is 0 Å². The molecule has 21 heavy (non-hydrogen) atoms. The number of anilines is 1. The van der Waals surface area contributed by atoms with E-state index in [4.69, 9.17) is 0 Å². The minimum atomic E-state index is -0.0420. The van der Waals surface area contributed by atoms with Gasteiger partial charge in [-0.05, 0) is 32.9 Å². The van der Waals surface area contributed by atoms with Crippen molar-refractivity contribution in [3.05, 3.63) is 42.0 Å². The third-order valence-electron chi connectivity index (χ3n) is 3.43. The van der Waals surface area contributed by atoms with Crippen molar-refractivity contribution in [2.75, 3.05) is 18.4 Å². The Hall–Kier alpha value is -2.37. The summed E-state index contributed by atoms with van der Waals surface area (Å²) in [5, 5.41) is 10.1. The zero-order valence-electron chi connectivity index (χ0n) is 12.6. The lowest BCUT2D eigenvalue weighted by Crippen LogP contribution is -2.31. The number of carbonyl (C=O) groups excluding carboxylic acids is 1. The fourth-order valence-electron chi connectivity index (χ4n) is 2.14. The highest BCUT2D eigenvalue weighted by Gasteiger charge is 2.15. The molecule has 2 aromatic heterocycles. The van der Waals surface area contributed by atoms with E-state index in [0.29, 0.717) is 18.8 Å². The van der Waals surface area contributed by atoms with E-state index in [1.54, 1.807) is 23.4 Å². The molecule has 0 spiro atoms. The fourth-order valence-corrected chi connectivity index (χ4v) is 2.14. The minimum Gasteiger partial charge on any atom is -0.378 e. The van der Waals surface area contributed by atoms with E-state index < -0.39 is 0 Å². The van der Waals surface area contributed by atoms with Gasteiger partial charge < -0.3 is 10.2 Å². The summed E-state index contributed by atoms with van der Waals surface area (Å²) in [7, 11) is 0. The van der Waals surface area contributed by atoms with E-state index in [0.717, 1.165) is 11.3 Å². The van der Waals surface area contributed by atoms with E-state index in [9.17, 15) is 4.79 Å². The lowest BCUT2D eigenvalue weighted by Gasteiger charge is -2.19. The maximum absolute atomic E-state index is 12.3. The summed E-state index contributed by atoms with van der Waals surface area (Å²) < 4.78 is 0. The number of nitrogens with one attached hydrogen (secondary N) is 2. The van der Waals surface area contributed by atoms with Gasteiger partial charge in [-0.3, -0.25) is 14.9 Å². The second-order valence-corrected chi connectivity index (χ2v) is 4.80. The molecule has 2 N–H and O–H groups in total. The van der Waals surface area contributed by atoms with E-state index in [1.807, 2.05) is 33.0 Å². The fraction of sp³-hybridized carbons (Fsp3) is 0.400. The lowest BCUT2D eigenvalue weighted by atomic mass is 10.2. The first-order chi connectivity index (χ1) is 10.2. The second-order valence-electron chi connectivity index (χ2n) is 4.80. The van der Waals surface area contributed by atoms with Crippen molar-refractivity contribution in [2.24, 2.45) is 0 Å². The van der Waals surface area contributed by atoms with Crippen LogP contribution in [0.2, 0.25) is 0 Å². The highest BCUT2D eigenvalue weighted by molar-refractivity contribution is 5.93. The molecule has 0 aliphatic carbocycles. The van der Waals surface area contributed by atoms with Crippen LogP contribution in [0.4, 0.5) is 5.69 Å². The zero-order chi connectivity index (χ0) is 15.2. The van der Waals surface area contributed by atoms with Gasteiger partial charge in [-0.1, -0.05) is 0 Å². The van der Waals surface area contributed by atoms with Crippen LogP contribution in [-0.4, -0.2) is 39.1 Å². The van der Waals surface area contributed by atoms with Crippen LogP contribution in [-0.2, 0) is 0 Å². The Balaban J connectivity index is 2.12. The van der Waals surface area contributed by atoms with Gasteiger partial charge in [0.05, 0.1) is 12.2 Å². The molecule has 0 aliphatic heterocycles. The molecule has 0 bridgehead atoms. The number of pyridine rings is 1. The van der Waals surface area contributed by atoms with E-state index in [2.05, 4.69) is 20.5 Å². The molecule has 6 heteroatoms. The predicted octanol–water partition coefficient (Wildman–Crippen LogP) is 2.46. The standard InChI is InChI=1S/C15H21N5O/c1-4-20(5-2)15(21)14-8-13(6-7-16-14)19-11(3)12-9-17-18-10-12/h6-11H,4-5H2,1-3H3,(H,16,19)(H,17,18). The smallest absolute Gasteiger partial charge is 0.272 e. The third kappa shape index (κ3) is 3.59. The molecular formula is C15H21N5O. The van der Waals surface area contributed by atoms with Crippen molar-refractivity contribution in [1.29, 1.82) is 0 Å². The maximum atomic E-state index is 12.3.